The lowest BCUT2D eigenvalue weighted by atomic mass is 9.94. The fraction of sp³-hybridized carbons (Fsp3) is 0.370. The zero-order valence-corrected chi connectivity index (χ0v) is 21.7. The fourth-order valence-corrected chi connectivity index (χ4v) is 4.52. The molecule has 0 bridgehead atoms. The lowest BCUT2D eigenvalue weighted by Gasteiger charge is -2.46. The summed E-state index contributed by atoms with van der Waals surface area (Å²) >= 11 is 0. The Morgan fingerprint density at radius 1 is 0.795 bits per heavy atom. The molecule has 2 aliphatic rings. The molecule has 0 aliphatic carbocycles. The van der Waals surface area contributed by atoms with Gasteiger partial charge in [0.05, 0.1) is 18.2 Å². The van der Waals surface area contributed by atoms with E-state index in [1.807, 2.05) is 0 Å². The number of benzene rings is 2. The van der Waals surface area contributed by atoms with Crippen LogP contribution in [0.25, 0.3) is 0 Å². The van der Waals surface area contributed by atoms with Crippen LogP contribution >= 0.6 is 0 Å². The Hall–Kier alpha value is -4.45. The molecule has 0 radical (unpaired) electrons. The highest BCUT2D eigenvalue weighted by atomic mass is 16.7. The van der Waals surface area contributed by atoms with E-state index < -0.39 is 67.0 Å². The summed E-state index contributed by atoms with van der Waals surface area (Å²) in [6.07, 6.45) is -5.42. The zero-order valence-electron chi connectivity index (χ0n) is 21.7. The molecule has 0 spiro atoms. The Morgan fingerprint density at radius 2 is 1.33 bits per heavy atom. The second kappa shape index (κ2) is 11.5. The first-order valence-corrected chi connectivity index (χ1v) is 12.0. The number of rotatable bonds is 8. The van der Waals surface area contributed by atoms with Gasteiger partial charge in [-0.3, -0.25) is 28.9 Å². The molecule has 2 aromatic rings. The normalized spacial score (nSPS) is 24.0. The Kier molecular flexibility index (Phi) is 8.15. The van der Waals surface area contributed by atoms with E-state index in [4.69, 9.17) is 28.4 Å². The molecule has 2 aliphatic heterocycles. The third-order valence-electron chi connectivity index (χ3n) is 6.10. The number of methoxy groups -OCH3 is 1. The van der Waals surface area contributed by atoms with Gasteiger partial charge in [0.1, 0.15) is 30.3 Å². The number of hydrogen-bond donors (Lipinski definition) is 0. The van der Waals surface area contributed by atoms with Crippen LogP contribution < -0.4 is 9.47 Å². The standard InChI is InChI=1S/C27H27NO11/c1-14(29)35-13-21-23(36-15(2)30)24(37-16(3)31)22(27(39-21)38-18-11-9-17(34-4)10-12-18)28-25(32)19-7-5-6-8-20(19)26(28)33/h5-12,21-24,27H,13H2,1-4H3/t21-,22-,23+,24-,27-/m1/s1. The van der Waals surface area contributed by atoms with Crippen LogP contribution in [0, 0.1) is 0 Å². The van der Waals surface area contributed by atoms with Gasteiger partial charge in [0.15, 0.2) is 12.2 Å². The van der Waals surface area contributed by atoms with E-state index in [0.717, 1.165) is 18.7 Å². The van der Waals surface area contributed by atoms with Crippen molar-refractivity contribution in [2.24, 2.45) is 0 Å². The summed E-state index contributed by atoms with van der Waals surface area (Å²) in [5.41, 5.74) is 0.275. The molecule has 12 heteroatoms. The number of carbonyl (C=O) groups is 5. The van der Waals surface area contributed by atoms with E-state index in [0.29, 0.717) is 5.75 Å². The van der Waals surface area contributed by atoms with Gasteiger partial charge < -0.3 is 28.4 Å². The van der Waals surface area contributed by atoms with E-state index in [2.05, 4.69) is 0 Å². The highest BCUT2D eigenvalue weighted by Gasteiger charge is 2.57. The maximum atomic E-state index is 13.5. The first-order valence-electron chi connectivity index (χ1n) is 12.0. The van der Waals surface area contributed by atoms with E-state index in [1.165, 1.54) is 26.2 Å². The summed E-state index contributed by atoms with van der Waals surface area (Å²) in [5.74, 6) is -2.72. The molecule has 0 aromatic heterocycles. The third kappa shape index (κ3) is 5.85. The van der Waals surface area contributed by atoms with Gasteiger partial charge in [-0.2, -0.15) is 0 Å². The van der Waals surface area contributed by atoms with Crippen LogP contribution in [0.5, 0.6) is 11.5 Å². The molecule has 1 saturated heterocycles. The molecule has 2 aromatic carbocycles. The van der Waals surface area contributed by atoms with E-state index in [-0.39, 0.29) is 16.9 Å². The average molecular weight is 542 g/mol. The molecular formula is C27H27NO11. The van der Waals surface area contributed by atoms with Crippen LogP contribution in [0.3, 0.4) is 0 Å². The van der Waals surface area contributed by atoms with Crippen molar-refractivity contribution >= 4 is 29.7 Å². The summed E-state index contributed by atoms with van der Waals surface area (Å²) in [7, 11) is 1.50. The highest BCUT2D eigenvalue weighted by molar-refractivity contribution is 6.21. The minimum atomic E-state index is -1.44. The van der Waals surface area contributed by atoms with E-state index in [1.54, 1.807) is 36.4 Å². The second-order valence-electron chi connectivity index (χ2n) is 8.80. The van der Waals surface area contributed by atoms with Crippen molar-refractivity contribution in [2.45, 2.75) is 51.4 Å². The van der Waals surface area contributed by atoms with E-state index >= 15 is 0 Å². The first-order chi connectivity index (χ1) is 18.6. The maximum absolute atomic E-state index is 13.5. The third-order valence-corrected chi connectivity index (χ3v) is 6.10. The van der Waals surface area contributed by atoms with Gasteiger partial charge in [0, 0.05) is 20.8 Å². The largest absolute Gasteiger partial charge is 0.497 e. The summed E-state index contributed by atoms with van der Waals surface area (Å²) in [4.78, 5) is 63.8. The fourth-order valence-electron chi connectivity index (χ4n) is 4.52. The summed E-state index contributed by atoms with van der Waals surface area (Å²) in [5, 5.41) is 0. The molecule has 0 saturated carbocycles. The number of fused-ring (bicyclic) bond motifs is 1. The van der Waals surface area contributed by atoms with Crippen molar-refractivity contribution in [1.29, 1.82) is 0 Å². The van der Waals surface area contributed by atoms with Crippen molar-refractivity contribution in [3.05, 3.63) is 59.7 Å². The number of imide groups is 1. The van der Waals surface area contributed by atoms with Gasteiger partial charge >= 0.3 is 17.9 Å². The predicted octanol–water partition coefficient (Wildman–Crippen LogP) is 1.89. The number of ether oxygens (including phenoxy) is 6. The molecule has 4 rings (SSSR count). The number of esters is 3. The van der Waals surface area contributed by atoms with Crippen molar-refractivity contribution in [3.8, 4) is 11.5 Å². The van der Waals surface area contributed by atoms with Gasteiger partial charge in [-0.1, -0.05) is 12.1 Å². The Bertz CT molecular complexity index is 1240. The van der Waals surface area contributed by atoms with Gasteiger partial charge in [-0.05, 0) is 36.4 Å². The number of amides is 2. The molecule has 0 N–H and O–H groups in total. The highest BCUT2D eigenvalue weighted by Crippen LogP contribution is 2.36. The van der Waals surface area contributed by atoms with Gasteiger partial charge in [-0.15, -0.1) is 0 Å². The molecule has 12 nitrogen and oxygen atoms in total. The lowest BCUT2D eigenvalue weighted by molar-refractivity contribution is -0.265. The van der Waals surface area contributed by atoms with Crippen LogP contribution in [-0.4, -0.2) is 79.0 Å². The Balaban J connectivity index is 1.81. The minimum Gasteiger partial charge on any atom is -0.497 e. The molecule has 2 heterocycles. The van der Waals surface area contributed by atoms with Crippen LogP contribution in [0.4, 0.5) is 0 Å². The van der Waals surface area contributed by atoms with Gasteiger partial charge in [0.2, 0.25) is 6.29 Å². The Morgan fingerprint density at radius 3 is 1.85 bits per heavy atom. The molecular weight excluding hydrogens is 514 g/mol. The molecule has 39 heavy (non-hydrogen) atoms. The quantitative estimate of drug-likeness (QED) is 0.274. The summed E-state index contributed by atoms with van der Waals surface area (Å²) in [6.45, 7) is 3.04. The zero-order chi connectivity index (χ0) is 28.3. The van der Waals surface area contributed by atoms with Crippen molar-refractivity contribution in [3.63, 3.8) is 0 Å². The molecule has 2 amide bonds. The predicted molar refractivity (Wildman–Crippen MR) is 131 cm³/mol. The number of nitrogens with zero attached hydrogens (tertiary/aromatic N) is 1. The van der Waals surface area contributed by atoms with Crippen molar-refractivity contribution in [2.75, 3.05) is 13.7 Å². The molecule has 0 unspecified atom stereocenters. The van der Waals surface area contributed by atoms with Gasteiger partial charge in [0.25, 0.3) is 11.8 Å². The van der Waals surface area contributed by atoms with Crippen LogP contribution in [0.15, 0.2) is 48.5 Å². The van der Waals surface area contributed by atoms with Crippen LogP contribution in [0.2, 0.25) is 0 Å². The number of hydrogen-bond acceptors (Lipinski definition) is 11. The van der Waals surface area contributed by atoms with E-state index in [9.17, 15) is 24.0 Å². The topological polar surface area (TPSA) is 144 Å². The summed E-state index contributed by atoms with van der Waals surface area (Å²) < 4.78 is 33.5. The number of carbonyl (C=O) groups excluding carboxylic acids is 5. The lowest BCUT2D eigenvalue weighted by Crippen LogP contribution is -2.68. The Labute approximate surface area is 223 Å². The molecule has 5 atom stereocenters. The molecule has 1 fully saturated rings. The monoisotopic (exact) mass is 541 g/mol. The van der Waals surface area contributed by atoms with Gasteiger partial charge in [-0.25, -0.2) is 0 Å². The molecule has 206 valence electrons. The SMILES string of the molecule is COc1ccc(O[C@@H]2O[C@H](COC(C)=O)[C@H](OC(C)=O)[C@H](OC(C)=O)[C@H]2N2C(=O)c3ccccc3C2=O)cc1. The van der Waals surface area contributed by atoms with Crippen LogP contribution in [-0.2, 0) is 33.3 Å². The second-order valence-corrected chi connectivity index (χ2v) is 8.80. The average Bonchev–Trinajstić information content (AvgIpc) is 3.14. The minimum absolute atomic E-state index is 0.137. The van der Waals surface area contributed by atoms with Crippen molar-refractivity contribution < 1.29 is 52.4 Å². The maximum Gasteiger partial charge on any atom is 0.303 e. The van der Waals surface area contributed by atoms with Crippen LogP contribution in [0.1, 0.15) is 41.5 Å². The summed E-state index contributed by atoms with van der Waals surface area (Å²) in [6, 6.07) is 11.2. The first kappa shape index (κ1) is 27.6. The van der Waals surface area contributed by atoms with Crippen molar-refractivity contribution in [1.82, 2.24) is 4.90 Å². The smallest absolute Gasteiger partial charge is 0.303 e.